The quantitative estimate of drug-likeness (QED) is 0.214. The fraction of sp³-hybridized carbons (Fsp3) is 0.0435. The van der Waals surface area contributed by atoms with E-state index in [1.807, 2.05) is 6.07 Å². The molecule has 3 aromatic rings. The van der Waals surface area contributed by atoms with Crippen molar-refractivity contribution in [3.8, 4) is 5.75 Å². The fourth-order valence-electron chi connectivity index (χ4n) is 2.51. The van der Waals surface area contributed by atoms with Crippen molar-refractivity contribution >= 4 is 51.5 Å². The molecule has 9 heteroatoms. The fourth-order valence-corrected chi connectivity index (χ4v) is 3.10. The molecule has 32 heavy (non-hydrogen) atoms. The SMILES string of the molecule is O=C(CNC(=O)c1cccc(Cl)c1)N/N=C/c1ccc(OC(=O)c2cccc(Br)c2)cc1. The van der Waals surface area contributed by atoms with Gasteiger partial charge in [0.2, 0.25) is 0 Å². The first-order chi connectivity index (χ1) is 15.4. The van der Waals surface area contributed by atoms with Crippen molar-refractivity contribution in [2.45, 2.75) is 0 Å². The van der Waals surface area contributed by atoms with E-state index >= 15 is 0 Å². The van der Waals surface area contributed by atoms with Crippen LogP contribution in [-0.2, 0) is 4.79 Å². The molecular formula is C23H17BrClN3O4. The van der Waals surface area contributed by atoms with E-state index in [-0.39, 0.29) is 6.54 Å². The lowest BCUT2D eigenvalue weighted by molar-refractivity contribution is -0.120. The Morgan fingerprint density at radius 1 is 0.969 bits per heavy atom. The van der Waals surface area contributed by atoms with Gasteiger partial charge in [-0.1, -0.05) is 39.7 Å². The minimum absolute atomic E-state index is 0.243. The molecule has 0 unspecified atom stereocenters. The maximum atomic E-state index is 12.2. The van der Waals surface area contributed by atoms with Gasteiger partial charge >= 0.3 is 5.97 Å². The van der Waals surface area contributed by atoms with Crippen LogP contribution >= 0.6 is 27.5 Å². The van der Waals surface area contributed by atoms with Crippen LogP contribution in [0.3, 0.4) is 0 Å². The molecule has 0 spiro atoms. The smallest absolute Gasteiger partial charge is 0.343 e. The van der Waals surface area contributed by atoms with Crippen molar-refractivity contribution in [3.05, 3.63) is 99.0 Å². The summed E-state index contributed by atoms with van der Waals surface area (Å²) in [6, 6.07) is 19.9. The maximum Gasteiger partial charge on any atom is 0.343 e. The first-order valence-corrected chi connectivity index (χ1v) is 10.5. The van der Waals surface area contributed by atoms with Gasteiger partial charge in [0.1, 0.15) is 5.75 Å². The van der Waals surface area contributed by atoms with E-state index in [2.05, 4.69) is 31.8 Å². The largest absolute Gasteiger partial charge is 0.423 e. The molecule has 0 aromatic heterocycles. The van der Waals surface area contributed by atoms with Gasteiger partial charge in [0.15, 0.2) is 0 Å². The molecule has 0 radical (unpaired) electrons. The van der Waals surface area contributed by atoms with Crippen molar-refractivity contribution in [1.82, 2.24) is 10.7 Å². The molecule has 0 atom stereocenters. The van der Waals surface area contributed by atoms with Crippen molar-refractivity contribution in [1.29, 1.82) is 0 Å². The van der Waals surface area contributed by atoms with Gasteiger partial charge < -0.3 is 10.1 Å². The van der Waals surface area contributed by atoms with Gasteiger partial charge in [-0.3, -0.25) is 9.59 Å². The Balaban J connectivity index is 1.45. The van der Waals surface area contributed by atoms with Crippen molar-refractivity contribution in [2.75, 3.05) is 6.54 Å². The second-order valence-corrected chi connectivity index (χ2v) is 7.81. The molecule has 0 saturated heterocycles. The van der Waals surface area contributed by atoms with E-state index in [9.17, 15) is 14.4 Å². The first-order valence-electron chi connectivity index (χ1n) is 9.34. The van der Waals surface area contributed by atoms with Crippen LogP contribution in [0.25, 0.3) is 0 Å². The molecule has 0 bridgehead atoms. The summed E-state index contributed by atoms with van der Waals surface area (Å²) in [4.78, 5) is 36.0. The third-order valence-corrected chi connectivity index (χ3v) is 4.78. The summed E-state index contributed by atoms with van der Waals surface area (Å²) in [5.41, 5.74) is 3.78. The first kappa shape index (κ1) is 23.2. The number of ether oxygens (including phenoxy) is 1. The van der Waals surface area contributed by atoms with Crippen LogP contribution in [0.1, 0.15) is 26.3 Å². The number of hydrazone groups is 1. The summed E-state index contributed by atoms with van der Waals surface area (Å²) in [5, 5.41) is 6.76. The van der Waals surface area contributed by atoms with E-state index in [1.165, 1.54) is 12.3 Å². The van der Waals surface area contributed by atoms with Gasteiger partial charge in [-0.2, -0.15) is 5.10 Å². The summed E-state index contributed by atoms with van der Waals surface area (Å²) in [7, 11) is 0. The number of hydrogen-bond acceptors (Lipinski definition) is 5. The molecule has 0 aliphatic carbocycles. The second kappa shape index (κ2) is 11.2. The highest BCUT2D eigenvalue weighted by atomic mass is 79.9. The van der Waals surface area contributed by atoms with E-state index < -0.39 is 17.8 Å². The lowest BCUT2D eigenvalue weighted by Gasteiger charge is -2.05. The molecule has 0 saturated carbocycles. The zero-order valence-electron chi connectivity index (χ0n) is 16.5. The Hall–Kier alpha value is -3.49. The molecule has 0 heterocycles. The zero-order chi connectivity index (χ0) is 22.9. The number of halogens is 2. The average molecular weight is 515 g/mol. The van der Waals surface area contributed by atoms with Gasteiger partial charge in [-0.25, -0.2) is 10.2 Å². The molecule has 2 amide bonds. The summed E-state index contributed by atoms with van der Waals surface area (Å²) in [6.07, 6.45) is 1.43. The van der Waals surface area contributed by atoms with E-state index in [0.717, 1.165) is 4.47 Å². The van der Waals surface area contributed by atoms with E-state index in [4.69, 9.17) is 16.3 Å². The van der Waals surface area contributed by atoms with E-state index in [1.54, 1.807) is 60.7 Å². The Morgan fingerprint density at radius 2 is 1.69 bits per heavy atom. The molecule has 0 aliphatic heterocycles. The molecule has 3 aromatic carbocycles. The minimum Gasteiger partial charge on any atom is -0.423 e. The number of nitrogens with one attached hydrogen (secondary N) is 2. The van der Waals surface area contributed by atoms with Gasteiger partial charge in [0.25, 0.3) is 11.8 Å². The van der Waals surface area contributed by atoms with Gasteiger partial charge in [-0.15, -0.1) is 0 Å². The molecule has 2 N–H and O–H groups in total. The van der Waals surface area contributed by atoms with Gasteiger partial charge in [0.05, 0.1) is 18.3 Å². The highest BCUT2D eigenvalue weighted by Gasteiger charge is 2.09. The lowest BCUT2D eigenvalue weighted by Crippen LogP contribution is -2.34. The molecule has 0 fully saturated rings. The number of carbonyl (C=O) groups excluding carboxylic acids is 3. The Labute approximate surface area is 197 Å². The maximum absolute atomic E-state index is 12.2. The van der Waals surface area contributed by atoms with Crippen molar-refractivity contribution in [2.24, 2.45) is 5.10 Å². The Bertz CT molecular complexity index is 1170. The van der Waals surface area contributed by atoms with Crippen molar-refractivity contribution in [3.63, 3.8) is 0 Å². The zero-order valence-corrected chi connectivity index (χ0v) is 18.9. The molecule has 0 aliphatic rings. The van der Waals surface area contributed by atoms with Crippen LogP contribution in [0.15, 0.2) is 82.4 Å². The minimum atomic E-state index is -0.490. The standard InChI is InChI=1S/C23H17BrClN3O4/c24-18-5-1-4-17(11-18)23(31)32-20-9-7-15(8-10-20)13-27-28-21(29)14-26-22(30)16-3-2-6-19(25)12-16/h1-13H,14H2,(H,26,30)(H,28,29)/b27-13+. The summed E-state index contributed by atoms with van der Waals surface area (Å²) >= 11 is 9.15. The molecule has 3 rings (SSSR count). The third kappa shape index (κ3) is 7.04. The normalized spacial score (nSPS) is 10.6. The number of nitrogens with zero attached hydrogens (tertiary/aromatic N) is 1. The second-order valence-electron chi connectivity index (χ2n) is 6.46. The predicted molar refractivity (Wildman–Crippen MR) is 125 cm³/mol. The molecule has 162 valence electrons. The molecule has 7 nitrogen and oxygen atoms in total. The molecular weight excluding hydrogens is 498 g/mol. The summed E-state index contributed by atoms with van der Waals surface area (Å²) in [5.74, 6) is -1.00. The van der Waals surface area contributed by atoms with Crippen LogP contribution in [-0.4, -0.2) is 30.5 Å². The monoisotopic (exact) mass is 513 g/mol. The highest BCUT2D eigenvalue weighted by molar-refractivity contribution is 9.10. The van der Waals surface area contributed by atoms with Gasteiger partial charge in [0, 0.05) is 15.1 Å². The van der Waals surface area contributed by atoms with E-state index in [0.29, 0.717) is 27.5 Å². The predicted octanol–water partition coefficient (Wildman–Crippen LogP) is 4.20. The number of amides is 2. The Kier molecular flexibility index (Phi) is 8.13. The van der Waals surface area contributed by atoms with Crippen LogP contribution in [0.2, 0.25) is 5.02 Å². The topological polar surface area (TPSA) is 96.9 Å². The van der Waals surface area contributed by atoms with Crippen LogP contribution in [0.4, 0.5) is 0 Å². The average Bonchev–Trinajstić information content (AvgIpc) is 2.78. The highest BCUT2D eigenvalue weighted by Crippen LogP contribution is 2.16. The van der Waals surface area contributed by atoms with Gasteiger partial charge in [-0.05, 0) is 66.2 Å². The Morgan fingerprint density at radius 3 is 2.41 bits per heavy atom. The number of carbonyl (C=O) groups is 3. The number of hydrogen-bond donors (Lipinski definition) is 2. The third-order valence-electron chi connectivity index (χ3n) is 4.05. The number of esters is 1. The van der Waals surface area contributed by atoms with Crippen LogP contribution in [0.5, 0.6) is 5.75 Å². The van der Waals surface area contributed by atoms with Crippen LogP contribution < -0.4 is 15.5 Å². The summed E-state index contributed by atoms with van der Waals surface area (Å²) in [6.45, 7) is -0.243. The van der Waals surface area contributed by atoms with Crippen molar-refractivity contribution < 1.29 is 19.1 Å². The number of benzene rings is 3. The summed E-state index contributed by atoms with van der Waals surface area (Å²) < 4.78 is 6.11. The van der Waals surface area contributed by atoms with Crippen LogP contribution in [0, 0.1) is 0 Å². The lowest BCUT2D eigenvalue weighted by atomic mass is 10.2. The number of rotatable bonds is 7.